The molecule has 3 aromatic carbocycles. The van der Waals surface area contributed by atoms with E-state index < -0.39 is 32.3 Å². The standard InChI is InChI=1S/C22H22N4O8S2/c1-35(29,30)33-17-11-7-15(8-12-17)23-21(27)25-19-5-3-4-6-20(19)26-22(28)24-16-9-13-18(14-10-16)34-36(2,31)32/h3-14H,1-2H3,(H2,23,25,27)(H2,24,26,28). The van der Waals surface area contributed by atoms with Gasteiger partial charge in [-0.15, -0.1) is 0 Å². The van der Waals surface area contributed by atoms with Gasteiger partial charge in [0.25, 0.3) is 0 Å². The summed E-state index contributed by atoms with van der Waals surface area (Å²) in [5, 5.41) is 10.4. The maximum atomic E-state index is 12.4. The molecule has 0 saturated heterocycles. The van der Waals surface area contributed by atoms with E-state index in [2.05, 4.69) is 21.3 Å². The molecule has 0 heterocycles. The summed E-state index contributed by atoms with van der Waals surface area (Å²) < 4.78 is 54.2. The summed E-state index contributed by atoms with van der Waals surface area (Å²) in [7, 11) is -7.33. The van der Waals surface area contributed by atoms with Gasteiger partial charge in [-0.05, 0) is 60.7 Å². The Kier molecular flexibility index (Phi) is 8.01. The van der Waals surface area contributed by atoms with Crippen LogP contribution in [0.4, 0.5) is 32.3 Å². The predicted molar refractivity (Wildman–Crippen MR) is 136 cm³/mol. The number of nitrogens with one attached hydrogen (secondary N) is 4. The summed E-state index contributed by atoms with van der Waals surface area (Å²) in [6, 6.07) is 16.7. The molecule has 0 aliphatic carbocycles. The van der Waals surface area contributed by atoms with E-state index in [-0.39, 0.29) is 11.5 Å². The predicted octanol–water partition coefficient (Wildman–Crippen LogP) is 3.65. The molecule has 0 bridgehead atoms. The van der Waals surface area contributed by atoms with Crippen LogP contribution in [0.5, 0.6) is 11.5 Å². The van der Waals surface area contributed by atoms with Gasteiger partial charge in [0.2, 0.25) is 0 Å². The van der Waals surface area contributed by atoms with Crippen molar-refractivity contribution in [1.29, 1.82) is 0 Å². The molecular weight excluding hydrogens is 512 g/mol. The van der Waals surface area contributed by atoms with Crippen LogP contribution in [0.1, 0.15) is 0 Å². The van der Waals surface area contributed by atoms with Crippen LogP contribution in [0.15, 0.2) is 72.8 Å². The van der Waals surface area contributed by atoms with Gasteiger partial charge in [-0.3, -0.25) is 0 Å². The number of hydrogen-bond donors (Lipinski definition) is 4. The molecule has 12 nitrogen and oxygen atoms in total. The zero-order valence-electron chi connectivity index (χ0n) is 19.0. The minimum Gasteiger partial charge on any atom is -0.383 e. The number of rotatable bonds is 8. The molecule has 0 spiro atoms. The molecule has 3 rings (SSSR count). The molecule has 3 aromatic rings. The minimum atomic E-state index is -3.66. The Balaban J connectivity index is 1.59. The number of urea groups is 2. The van der Waals surface area contributed by atoms with Crippen molar-refractivity contribution in [2.45, 2.75) is 0 Å². The Hall–Kier alpha value is -4.30. The Labute approximate surface area is 207 Å². The highest BCUT2D eigenvalue weighted by molar-refractivity contribution is 7.86. The number of carbonyl (C=O) groups is 2. The molecule has 0 radical (unpaired) electrons. The second-order valence-electron chi connectivity index (χ2n) is 7.33. The van der Waals surface area contributed by atoms with E-state index in [1.807, 2.05) is 0 Å². The molecule has 0 atom stereocenters. The van der Waals surface area contributed by atoms with Gasteiger partial charge < -0.3 is 29.6 Å². The van der Waals surface area contributed by atoms with Crippen LogP contribution in [0.2, 0.25) is 0 Å². The fourth-order valence-corrected chi connectivity index (χ4v) is 3.73. The highest BCUT2D eigenvalue weighted by atomic mass is 32.2. The quantitative estimate of drug-likeness (QED) is 0.317. The van der Waals surface area contributed by atoms with Crippen LogP contribution < -0.4 is 29.6 Å². The third kappa shape index (κ3) is 8.81. The van der Waals surface area contributed by atoms with Gasteiger partial charge in [0.05, 0.1) is 23.9 Å². The Morgan fingerprint density at radius 1 is 0.556 bits per heavy atom. The molecular formula is C22H22N4O8S2. The van der Waals surface area contributed by atoms with E-state index in [9.17, 15) is 26.4 Å². The lowest BCUT2D eigenvalue weighted by molar-refractivity contribution is 0.261. The highest BCUT2D eigenvalue weighted by Crippen LogP contribution is 2.23. The normalized spacial score (nSPS) is 11.2. The lowest BCUT2D eigenvalue weighted by atomic mass is 10.2. The lowest BCUT2D eigenvalue weighted by Gasteiger charge is -2.14. The van der Waals surface area contributed by atoms with Crippen molar-refractivity contribution >= 4 is 55.0 Å². The summed E-state index contributed by atoms with van der Waals surface area (Å²) in [6.45, 7) is 0. The first-order valence-electron chi connectivity index (χ1n) is 10.1. The third-order valence-electron chi connectivity index (χ3n) is 4.14. The summed E-state index contributed by atoms with van der Waals surface area (Å²) in [5.74, 6) is 0.197. The summed E-state index contributed by atoms with van der Waals surface area (Å²) in [4.78, 5) is 24.8. The molecule has 0 aliphatic heterocycles. The smallest absolute Gasteiger partial charge is 0.323 e. The van der Waals surface area contributed by atoms with Crippen molar-refractivity contribution in [3.8, 4) is 11.5 Å². The number of carbonyl (C=O) groups excluding carboxylic acids is 2. The van der Waals surface area contributed by atoms with E-state index >= 15 is 0 Å². The highest BCUT2D eigenvalue weighted by Gasteiger charge is 2.11. The van der Waals surface area contributed by atoms with Crippen LogP contribution in [0.3, 0.4) is 0 Å². The number of amides is 4. The van der Waals surface area contributed by atoms with Crippen LogP contribution in [0, 0.1) is 0 Å². The van der Waals surface area contributed by atoms with E-state index in [1.54, 1.807) is 24.3 Å². The van der Waals surface area contributed by atoms with Gasteiger partial charge in [0.15, 0.2) is 0 Å². The van der Waals surface area contributed by atoms with Gasteiger partial charge in [0.1, 0.15) is 11.5 Å². The first-order valence-corrected chi connectivity index (χ1v) is 13.7. The molecule has 14 heteroatoms. The van der Waals surface area contributed by atoms with Crippen molar-refractivity contribution in [2.75, 3.05) is 33.8 Å². The van der Waals surface area contributed by atoms with Crippen molar-refractivity contribution in [2.24, 2.45) is 0 Å². The Morgan fingerprint density at radius 3 is 1.19 bits per heavy atom. The summed E-state index contributed by atoms with van der Waals surface area (Å²) in [5.41, 5.74) is 1.36. The number of para-hydroxylation sites is 2. The van der Waals surface area contributed by atoms with E-state index in [0.29, 0.717) is 22.7 Å². The fraction of sp³-hybridized carbons (Fsp3) is 0.0909. The second kappa shape index (κ2) is 11.0. The molecule has 36 heavy (non-hydrogen) atoms. The topological polar surface area (TPSA) is 169 Å². The van der Waals surface area contributed by atoms with E-state index in [0.717, 1.165) is 12.5 Å². The zero-order valence-corrected chi connectivity index (χ0v) is 20.6. The molecule has 190 valence electrons. The zero-order chi connectivity index (χ0) is 26.3. The van der Waals surface area contributed by atoms with Crippen LogP contribution in [-0.4, -0.2) is 41.4 Å². The monoisotopic (exact) mass is 534 g/mol. The van der Waals surface area contributed by atoms with Gasteiger partial charge in [-0.25, -0.2) is 9.59 Å². The average Bonchev–Trinajstić information content (AvgIpc) is 2.76. The maximum Gasteiger partial charge on any atom is 0.323 e. The largest absolute Gasteiger partial charge is 0.383 e. The molecule has 0 aliphatic rings. The van der Waals surface area contributed by atoms with Crippen molar-refractivity contribution < 1.29 is 34.8 Å². The lowest BCUT2D eigenvalue weighted by Crippen LogP contribution is -2.23. The van der Waals surface area contributed by atoms with Crippen LogP contribution in [-0.2, 0) is 20.2 Å². The molecule has 4 N–H and O–H groups in total. The second-order valence-corrected chi connectivity index (χ2v) is 10.5. The molecule has 0 unspecified atom stereocenters. The Morgan fingerprint density at radius 2 is 0.889 bits per heavy atom. The SMILES string of the molecule is CS(=O)(=O)Oc1ccc(NC(=O)Nc2ccccc2NC(=O)Nc2ccc(OS(C)(=O)=O)cc2)cc1. The number of hydrogen-bond acceptors (Lipinski definition) is 8. The summed E-state index contributed by atoms with van der Waals surface area (Å²) in [6.07, 6.45) is 1.84. The van der Waals surface area contributed by atoms with Gasteiger partial charge in [-0.2, -0.15) is 16.8 Å². The number of benzene rings is 3. The van der Waals surface area contributed by atoms with E-state index in [4.69, 9.17) is 8.37 Å². The first-order chi connectivity index (χ1) is 16.9. The van der Waals surface area contributed by atoms with Crippen molar-refractivity contribution in [3.63, 3.8) is 0 Å². The van der Waals surface area contributed by atoms with Gasteiger partial charge in [0, 0.05) is 11.4 Å². The van der Waals surface area contributed by atoms with Gasteiger partial charge in [-0.1, -0.05) is 12.1 Å². The summed E-state index contributed by atoms with van der Waals surface area (Å²) >= 11 is 0. The molecule has 4 amide bonds. The third-order valence-corrected chi connectivity index (χ3v) is 5.13. The fourth-order valence-electron chi connectivity index (χ4n) is 2.81. The maximum absolute atomic E-state index is 12.4. The molecule has 0 fully saturated rings. The van der Waals surface area contributed by atoms with E-state index in [1.165, 1.54) is 48.5 Å². The van der Waals surface area contributed by atoms with Crippen LogP contribution >= 0.6 is 0 Å². The first kappa shape index (κ1) is 26.3. The number of anilines is 4. The molecule has 0 saturated carbocycles. The van der Waals surface area contributed by atoms with Crippen molar-refractivity contribution in [3.05, 3.63) is 72.8 Å². The minimum absolute atomic E-state index is 0.0987. The Bertz CT molecular complexity index is 1340. The molecule has 0 aromatic heterocycles. The van der Waals surface area contributed by atoms with Gasteiger partial charge >= 0.3 is 32.3 Å². The average molecular weight is 535 g/mol. The van der Waals surface area contributed by atoms with Crippen molar-refractivity contribution in [1.82, 2.24) is 0 Å². The van der Waals surface area contributed by atoms with Crippen LogP contribution in [0.25, 0.3) is 0 Å².